The van der Waals surface area contributed by atoms with Crippen LogP contribution in [-0.2, 0) is 15.6 Å². The van der Waals surface area contributed by atoms with E-state index in [-0.39, 0.29) is 11.5 Å². The minimum atomic E-state index is -3.28. The third-order valence-electron chi connectivity index (χ3n) is 1.98. The summed E-state index contributed by atoms with van der Waals surface area (Å²) in [6.07, 6.45) is 0. The molecule has 0 aromatic heterocycles. The van der Waals surface area contributed by atoms with E-state index in [1.165, 1.54) is 6.07 Å². The molecule has 2 N–H and O–H groups in total. The molecule has 0 saturated heterocycles. The molecule has 0 aliphatic carbocycles. The molecule has 6 heteroatoms. The fourth-order valence-electron chi connectivity index (χ4n) is 1.49. The quantitative estimate of drug-likeness (QED) is 0.929. The van der Waals surface area contributed by atoms with Gasteiger partial charge in [0, 0.05) is 15.6 Å². The summed E-state index contributed by atoms with van der Waals surface area (Å²) in [6.45, 7) is 3.35. The Kier molecular flexibility index (Phi) is 4.47. The number of nitrogens with two attached hydrogens (primary N) is 1. The second-order valence-corrected chi connectivity index (χ2v) is 7.66. The normalized spacial score (nSPS) is 12.8. The molecular weight excluding hydrogens is 281 g/mol. The van der Waals surface area contributed by atoms with Crippen molar-refractivity contribution in [1.82, 2.24) is 0 Å². The van der Waals surface area contributed by atoms with Crippen LogP contribution in [0.25, 0.3) is 0 Å². The van der Waals surface area contributed by atoms with Crippen LogP contribution in [0.2, 0.25) is 10.0 Å². The molecule has 96 valence electrons. The van der Waals surface area contributed by atoms with E-state index in [9.17, 15) is 8.42 Å². The van der Waals surface area contributed by atoms with Gasteiger partial charge in [0.05, 0.1) is 11.5 Å². The van der Waals surface area contributed by atoms with E-state index in [0.29, 0.717) is 15.6 Å². The molecule has 3 nitrogen and oxygen atoms in total. The van der Waals surface area contributed by atoms with Crippen LogP contribution >= 0.6 is 23.2 Å². The highest BCUT2D eigenvalue weighted by molar-refractivity contribution is 7.90. The van der Waals surface area contributed by atoms with Crippen molar-refractivity contribution in [1.29, 1.82) is 0 Å². The fraction of sp³-hybridized carbons (Fsp3) is 0.455. The highest BCUT2D eigenvalue weighted by Gasteiger charge is 2.23. The first-order chi connectivity index (χ1) is 7.59. The van der Waals surface area contributed by atoms with Crippen LogP contribution < -0.4 is 5.73 Å². The third-order valence-corrected chi connectivity index (χ3v) is 4.50. The Morgan fingerprint density at radius 2 is 1.88 bits per heavy atom. The lowest BCUT2D eigenvalue weighted by Gasteiger charge is -2.18. The van der Waals surface area contributed by atoms with E-state index >= 15 is 0 Å². The largest absolute Gasteiger partial charge is 0.325 e. The molecule has 0 fully saturated rings. The van der Waals surface area contributed by atoms with Crippen LogP contribution in [0.15, 0.2) is 18.2 Å². The van der Waals surface area contributed by atoms with Crippen molar-refractivity contribution in [2.75, 3.05) is 5.75 Å². The van der Waals surface area contributed by atoms with E-state index < -0.39 is 15.4 Å². The van der Waals surface area contributed by atoms with Crippen molar-refractivity contribution in [2.45, 2.75) is 25.1 Å². The highest BCUT2D eigenvalue weighted by Crippen LogP contribution is 2.23. The van der Waals surface area contributed by atoms with Crippen molar-refractivity contribution < 1.29 is 8.42 Å². The lowest BCUT2D eigenvalue weighted by molar-refractivity contribution is 0.544. The number of hydrogen-bond acceptors (Lipinski definition) is 3. The number of rotatable bonds is 4. The van der Waals surface area contributed by atoms with Crippen LogP contribution in [0, 0.1) is 0 Å². The first-order valence-corrected chi connectivity index (χ1v) is 7.60. The average molecular weight is 296 g/mol. The van der Waals surface area contributed by atoms with Gasteiger partial charge in [0.2, 0.25) is 0 Å². The van der Waals surface area contributed by atoms with E-state index in [0.717, 1.165) is 0 Å². The minimum absolute atomic E-state index is 0.0844. The Labute approximate surface area is 112 Å². The maximum atomic E-state index is 11.9. The van der Waals surface area contributed by atoms with Gasteiger partial charge in [0.1, 0.15) is 0 Å². The zero-order chi connectivity index (χ0) is 13.3. The molecule has 0 saturated carbocycles. The Bertz CT molecular complexity index is 507. The van der Waals surface area contributed by atoms with Gasteiger partial charge in [-0.2, -0.15) is 0 Å². The molecule has 0 bridgehead atoms. The summed E-state index contributed by atoms with van der Waals surface area (Å²) in [5.74, 6) is -0.206. The maximum Gasteiger partial charge on any atom is 0.156 e. The monoisotopic (exact) mass is 295 g/mol. The van der Waals surface area contributed by atoms with Crippen LogP contribution in [0.1, 0.15) is 19.4 Å². The number of hydrogen-bond donors (Lipinski definition) is 1. The van der Waals surface area contributed by atoms with E-state index in [1.54, 1.807) is 26.0 Å². The summed E-state index contributed by atoms with van der Waals surface area (Å²) in [6, 6.07) is 4.76. The van der Waals surface area contributed by atoms with Crippen molar-refractivity contribution in [2.24, 2.45) is 5.73 Å². The van der Waals surface area contributed by atoms with Gasteiger partial charge < -0.3 is 5.73 Å². The molecule has 0 spiro atoms. The van der Waals surface area contributed by atoms with E-state index in [4.69, 9.17) is 28.9 Å². The molecule has 0 heterocycles. The van der Waals surface area contributed by atoms with Gasteiger partial charge in [-0.05, 0) is 31.5 Å². The molecule has 0 atom stereocenters. The van der Waals surface area contributed by atoms with Crippen LogP contribution in [0.5, 0.6) is 0 Å². The predicted octanol–water partition coefficient (Wildman–Crippen LogP) is 2.65. The Balaban J connectivity index is 2.91. The molecule has 0 unspecified atom stereocenters. The van der Waals surface area contributed by atoms with Crippen molar-refractivity contribution >= 4 is 33.0 Å². The zero-order valence-corrected chi connectivity index (χ0v) is 12.0. The summed E-state index contributed by atoms with van der Waals surface area (Å²) in [4.78, 5) is 0. The number of sulfone groups is 1. The van der Waals surface area contributed by atoms with Gasteiger partial charge in [-0.1, -0.05) is 29.3 Å². The van der Waals surface area contributed by atoms with Gasteiger partial charge >= 0.3 is 0 Å². The summed E-state index contributed by atoms with van der Waals surface area (Å²) < 4.78 is 23.8. The second kappa shape index (κ2) is 5.14. The minimum Gasteiger partial charge on any atom is -0.325 e. The lowest BCUT2D eigenvalue weighted by Crippen LogP contribution is -2.40. The second-order valence-electron chi connectivity index (χ2n) is 4.76. The molecule has 0 amide bonds. The molecule has 1 aromatic rings. The van der Waals surface area contributed by atoms with Crippen molar-refractivity contribution in [3.05, 3.63) is 33.8 Å². The predicted molar refractivity (Wildman–Crippen MR) is 72.2 cm³/mol. The Morgan fingerprint density at radius 1 is 1.29 bits per heavy atom. The van der Waals surface area contributed by atoms with Crippen molar-refractivity contribution in [3.8, 4) is 0 Å². The van der Waals surface area contributed by atoms with Crippen LogP contribution in [-0.4, -0.2) is 19.7 Å². The molecule has 0 radical (unpaired) electrons. The van der Waals surface area contributed by atoms with Crippen LogP contribution in [0.3, 0.4) is 0 Å². The highest BCUT2D eigenvalue weighted by atomic mass is 35.5. The topological polar surface area (TPSA) is 60.2 Å². The zero-order valence-electron chi connectivity index (χ0n) is 9.70. The Hall–Kier alpha value is -0.290. The molecular formula is C11H15Cl2NO2S. The third kappa shape index (κ3) is 5.25. The van der Waals surface area contributed by atoms with Crippen molar-refractivity contribution in [3.63, 3.8) is 0 Å². The molecule has 0 aliphatic heterocycles. The van der Waals surface area contributed by atoms with E-state index in [2.05, 4.69) is 0 Å². The number of halogens is 2. The smallest absolute Gasteiger partial charge is 0.156 e. The van der Waals surface area contributed by atoms with Gasteiger partial charge in [0.25, 0.3) is 0 Å². The maximum absolute atomic E-state index is 11.9. The molecule has 1 aromatic carbocycles. The molecule has 17 heavy (non-hydrogen) atoms. The standard InChI is InChI=1S/C11H15Cl2NO2S/c1-11(2,14)7-17(15,16)6-8-3-4-9(12)5-10(8)13/h3-5H,6-7,14H2,1-2H3. The summed E-state index contributed by atoms with van der Waals surface area (Å²) in [5.41, 5.74) is 5.49. The molecule has 0 aliphatic rings. The van der Waals surface area contributed by atoms with Gasteiger partial charge in [-0.15, -0.1) is 0 Å². The lowest BCUT2D eigenvalue weighted by atomic mass is 10.1. The Morgan fingerprint density at radius 3 is 2.35 bits per heavy atom. The summed E-state index contributed by atoms with van der Waals surface area (Å²) in [7, 11) is -3.28. The summed E-state index contributed by atoms with van der Waals surface area (Å²) >= 11 is 11.7. The number of benzene rings is 1. The summed E-state index contributed by atoms with van der Waals surface area (Å²) in [5, 5.41) is 0.839. The molecule has 1 rings (SSSR count). The first kappa shape index (κ1) is 14.8. The van der Waals surface area contributed by atoms with Crippen LogP contribution in [0.4, 0.5) is 0 Å². The fourth-order valence-corrected chi connectivity index (χ4v) is 4.01. The van der Waals surface area contributed by atoms with Gasteiger partial charge in [-0.25, -0.2) is 8.42 Å². The van der Waals surface area contributed by atoms with E-state index in [1.807, 2.05) is 0 Å². The van der Waals surface area contributed by atoms with Gasteiger partial charge in [-0.3, -0.25) is 0 Å². The van der Waals surface area contributed by atoms with Gasteiger partial charge in [0.15, 0.2) is 9.84 Å². The SMILES string of the molecule is CC(C)(N)CS(=O)(=O)Cc1ccc(Cl)cc1Cl. The first-order valence-electron chi connectivity index (χ1n) is 5.02. The average Bonchev–Trinajstić information content (AvgIpc) is 2.05.